The summed E-state index contributed by atoms with van der Waals surface area (Å²) in [5, 5.41) is 5.55. The number of benzene rings is 1. The number of carbonyl (C=O) groups excluding carboxylic acids is 1. The van der Waals surface area contributed by atoms with Crippen molar-refractivity contribution in [3.05, 3.63) is 29.8 Å². The van der Waals surface area contributed by atoms with Gasteiger partial charge in [-0.15, -0.1) is 0 Å². The van der Waals surface area contributed by atoms with E-state index in [0.29, 0.717) is 6.54 Å². The van der Waals surface area contributed by atoms with Crippen LogP contribution in [0.1, 0.15) is 31.2 Å². The Bertz CT molecular complexity index is 669. The SMILES string of the molecule is O=C(NCCS(=O)(=O)N1CCc2ccccc21)NC1CCCC1. The summed E-state index contributed by atoms with van der Waals surface area (Å²) in [5.74, 6) is -0.0839. The molecule has 1 fully saturated rings. The van der Waals surface area contributed by atoms with E-state index in [4.69, 9.17) is 0 Å². The molecular weight excluding hydrogens is 314 g/mol. The quantitative estimate of drug-likeness (QED) is 0.857. The van der Waals surface area contributed by atoms with Crippen molar-refractivity contribution in [3.63, 3.8) is 0 Å². The Morgan fingerprint density at radius 1 is 1.22 bits per heavy atom. The van der Waals surface area contributed by atoms with Crippen molar-refractivity contribution in [2.45, 2.75) is 38.1 Å². The predicted octanol–water partition coefficient (Wildman–Crippen LogP) is 1.62. The lowest BCUT2D eigenvalue weighted by atomic mass is 10.2. The minimum absolute atomic E-state index is 0.0839. The first-order valence-corrected chi connectivity index (χ1v) is 9.80. The van der Waals surface area contributed by atoms with E-state index in [1.807, 2.05) is 24.3 Å². The first-order chi connectivity index (χ1) is 11.1. The fourth-order valence-corrected chi connectivity index (χ4v) is 4.73. The lowest BCUT2D eigenvalue weighted by Crippen LogP contribution is -2.43. The van der Waals surface area contributed by atoms with Gasteiger partial charge in [0, 0.05) is 19.1 Å². The average Bonchev–Trinajstić information content (AvgIpc) is 3.16. The van der Waals surface area contributed by atoms with Crippen LogP contribution in [0.2, 0.25) is 0 Å². The molecule has 1 aromatic rings. The van der Waals surface area contributed by atoms with Crippen LogP contribution in [0.5, 0.6) is 0 Å². The van der Waals surface area contributed by atoms with Crippen LogP contribution in [-0.4, -0.2) is 39.3 Å². The van der Waals surface area contributed by atoms with E-state index in [-0.39, 0.29) is 24.4 Å². The molecule has 1 saturated carbocycles. The Hall–Kier alpha value is -1.76. The van der Waals surface area contributed by atoms with Crippen molar-refractivity contribution in [2.24, 2.45) is 0 Å². The Kier molecular flexibility index (Phi) is 4.75. The maximum atomic E-state index is 12.5. The number of hydrogen-bond donors (Lipinski definition) is 2. The molecule has 0 atom stereocenters. The second kappa shape index (κ2) is 6.78. The molecule has 0 radical (unpaired) electrons. The van der Waals surface area contributed by atoms with Gasteiger partial charge in [-0.1, -0.05) is 31.0 Å². The number of nitrogens with one attached hydrogen (secondary N) is 2. The third-order valence-electron chi connectivity index (χ3n) is 4.52. The van der Waals surface area contributed by atoms with Crippen LogP contribution in [0.15, 0.2) is 24.3 Å². The summed E-state index contributed by atoms with van der Waals surface area (Å²) in [6, 6.07) is 7.52. The van der Waals surface area contributed by atoms with E-state index in [0.717, 1.165) is 43.4 Å². The highest BCUT2D eigenvalue weighted by molar-refractivity contribution is 7.92. The van der Waals surface area contributed by atoms with Gasteiger partial charge in [0.15, 0.2) is 0 Å². The van der Waals surface area contributed by atoms with Crippen molar-refractivity contribution in [3.8, 4) is 0 Å². The summed E-state index contributed by atoms with van der Waals surface area (Å²) < 4.78 is 26.4. The van der Waals surface area contributed by atoms with E-state index in [1.165, 1.54) is 4.31 Å². The Morgan fingerprint density at radius 2 is 1.96 bits per heavy atom. The van der Waals surface area contributed by atoms with Gasteiger partial charge in [0.05, 0.1) is 11.4 Å². The molecule has 1 heterocycles. The number of fused-ring (bicyclic) bond motifs is 1. The van der Waals surface area contributed by atoms with Crippen LogP contribution < -0.4 is 14.9 Å². The summed E-state index contributed by atoms with van der Waals surface area (Å²) in [7, 11) is -3.41. The largest absolute Gasteiger partial charge is 0.337 e. The molecule has 126 valence electrons. The molecule has 1 aliphatic carbocycles. The van der Waals surface area contributed by atoms with Crippen LogP contribution in [0.3, 0.4) is 0 Å². The maximum Gasteiger partial charge on any atom is 0.315 e. The molecule has 0 saturated heterocycles. The van der Waals surface area contributed by atoms with E-state index >= 15 is 0 Å². The highest BCUT2D eigenvalue weighted by Gasteiger charge is 2.28. The summed E-state index contributed by atoms with van der Waals surface area (Å²) in [6.45, 7) is 0.607. The molecule has 0 spiro atoms. The van der Waals surface area contributed by atoms with E-state index in [1.54, 1.807) is 0 Å². The van der Waals surface area contributed by atoms with Gasteiger partial charge in [-0.3, -0.25) is 4.31 Å². The summed E-state index contributed by atoms with van der Waals surface area (Å²) >= 11 is 0. The Labute approximate surface area is 137 Å². The zero-order valence-electron chi connectivity index (χ0n) is 13.1. The topological polar surface area (TPSA) is 78.5 Å². The first-order valence-electron chi connectivity index (χ1n) is 8.19. The number of rotatable bonds is 5. The van der Waals surface area contributed by atoms with Gasteiger partial charge >= 0.3 is 6.03 Å². The van der Waals surface area contributed by atoms with Crippen molar-refractivity contribution in [2.75, 3.05) is 23.1 Å². The van der Waals surface area contributed by atoms with Gasteiger partial charge < -0.3 is 10.6 Å². The molecule has 1 aliphatic heterocycles. The van der Waals surface area contributed by atoms with Crippen LogP contribution in [0.4, 0.5) is 10.5 Å². The molecule has 0 bridgehead atoms. The molecule has 7 heteroatoms. The number of anilines is 1. The number of nitrogens with zero attached hydrogens (tertiary/aromatic N) is 1. The van der Waals surface area contributed by atoms with E-state index in [9.17, 15) is 13.2 Å². The number of carbonyl (C=O) groups is 1. The molecule has 0 aromatic heterocycles. The zero-order valence-corrected chi connectivity index (χ0v) is 13.9. The third kappa shape index (κ3) is 3.77. The van der Waals surface area contributed by atoms with Gasteiger partial charge in [0.25, 0.3) is 0 Å². The normalized spacial score (nSPS) is 18.0. The lowest BCUT2D eigenvalue weighted by Gasteiger charge is -2.20. The molecule has 2 aliphatic rings. The van der Waals surface area contributed by atoms with Gasteiger partial charge in [0.1, 0.15) is 0 Å². The van der Waals surface area contributed by atoms with Crippen molar-refractivity contribution in [1.29, 1.82) is 0 Å². The maximum absolute atomic E-state index is 12.5. The monoisotopic (exact) mass is 337 g/mol. The summed E-state index contributed by atoms with van der Waals surface area (Å²) in [6.07, 6.45) is 5.05. The highest BCUT2D eigenvalue weighted by atomic mass is 32.2. The van der Waals surface area contributed by atoms with Gasteiger partial charge in [-0.25, -0.2) is 13.2 Å². The fourth-order valence-electron chi connectivity index (χ4n) is 3.31. The molecule has 6 nitrogen and oxygen atoms in total. The van der Waals surface area contributed by atoms with Crippen molar-refractivity contribution in [1.82, 2.24) is 10.6 Å². The van der Waals surface area contributed by atoms with E-state index < -0.39 is 10.0 Å². The number of urea groups is 1. The Balaban J connectivity index is 1.50. The minimum atomic E-state index is -3.41. The van der Waals surface area contributed by atoms with Crippen LogP contribution in [0.25, 0.3) is 0 Å². The molecular formula is C16H23N3O3S. The third-order valence-corrected chi connectivity index (χ3v) is 6.29. The van der Waals surface area contributed by atoms with Gasteiger partial charge in [0.2, 0.25) is 10.0 Å². The number of hydrogen-bond acceptors (Lipinski definition) is 3. The Morgan fingerprint density at radius 3 is 2.74 bits per heavy atom. The number of amides is 2. The molecule has 2 amide bonds. The minimum Gasteiger partial charge on any atom is -0.337 e. The van der Waals surface area contributed by atoms with Crippen LogP contribution in [0, 0.1) is 0 Å². The number of para-hydroxylation sites is 1. The van der Waals surface area contributed by atoms with Gasteiger partial charge in [-0.05, 0) is 30.9 Å². The smallest absolute Gasteiger partial charge is 0.315 e. The molecule has 0 unspecified atom stereocenters. The van der Waals surface area contributed by atoms with Crippen LogP contribution >= 0.6 is 0 Å². The number of sulfonamides is 1. The lowest BCUT2D eigenvalue weighted by molar-refractivity contribution is 0.237. The summed E-state index contributed by atoms with van der Waals surface area (Å²) in [5.41, 5.74) is 1.82. The standard InChI is InChI=1S/C16H23N3O3S/c20-16(18-14-6-2-3-7-14)17-10-12-23(21,22)19-11-9-13-5-1-4-8-15(13)19/h1,4-5,8,14H,2-3,6-7,9-12H2,(H2,17,18,20). The predicted molar refractivity (Wildman–Crippen MR) is 90.1 cm³/mol. The second-order valence-electron chi connectivity index (χ2n) is 6.15. The second-order valence-corrected chi connectivity index (χ2v) is 8.16. The highest BCUT2D eigenvalue weighted by Crippen LogP contribution is 2.29. The molecule has 2 N–H and O–H groups in total. The molecule has 1 aromatic carbocycles. The average molecular weight is 337 g/mol. The molecule has 23 heavy (non-hydrogen) atoms. The van der Waals surface area contributed by atoms with Crippen LogP contribution in [-0.2, 0) is 16.4 Å². The zero-order chi connectivity index (χ0) is 16.3. The van der Waals surface area contributed by atoms with Crippen molar-refractivity contribution < 1.29 is 13.2 Å². The molecule has 3 rings (SSSR count). The van der Waals surface area contributed by atoms with E-state index in [2.05, 4.69) is 10.6 Å². The fraction of sp³-hybridized carbons (Fsp3) is 0.562. The van der Waals surface area contributed by atoms with Gasteiger partial charge in [-0.2, -0.15) is 0 Å². The first kappa shape index (κ1) is 16.1. The van der Waals surface area contributed by atoms with Crippen molar-refractivity contribution >= 4 is 21.7 Å². The summed E-state index contributed by atoms with van der Waals surface area (Å²) in [4.78, 5) is 11.8.